The van der Waals surface area contributed by atoms with Crippen LogP contribution in [0.15, 0.2) is 47.0 Å². The van der Waals surface area contributed by atoms with Crippen molar-refractivity contribution in [1.29, 1.82) is 5.26 Å². The van der Waals surface area contributed by atoms with Crippen molar-refractivity contribution >= 4 is 6.01 Å². The molecular formula is C18H17N5O. The van der Waals surface area contributed by atoms with E-state index in [1.165, 1.54) is 0 Å². The van der Waals surface area contributed by atoms with Crippen LogP contribution in [0.3, 0.4) is 0 Å². The lowest BCUT2D eigenvalue weighted by Gasteiger charge is -2.10. The maximum absolute atomic E-state index is 9.22. The van der Waals surface area contributed by atoms with E-state index in [9.17, 15) is 5.26 Å². The van der Waals surface area contributed by atoms with Gasteiger partial charge in [0.15, 0.2) is 0 Å². The van der Waals surface area contributed by atoms with Gasteiger partial charge >= 0.3 is 6.01 Å². The molecular weight excluding hydrogens is 302 g/mol. The molecule has 6 nitrogen and oxygen atoms in total. The van der Waals surface area contributed by atoms with Gasteiger partial charge in [0.1, 0.15) is 0 Å². The number of benzene rings is 1. The molecule has 2 aromatic heterocycles. The highest BCUT2D eigenvalue weighted by atomic mass is 16.4. The largest absolute Gasteiger partial charge is 0.408 e. The van der Waals surface area contributed by atoms with E-state index in [-0.39, 0.29) is 0 Å². The van der Waals surface area contributed by atoms with E-state index in [2.05, 4.69) is 26.2 Å². The van der Waals surface area contributed by atoms with E-state index in [4.69, 9.17) is 4.42 Å². The Balaban J connectivity index is 1.45. The maximum atomic E-state index is 9.22. The lowest BCUT2D eigenvalue weighted by molar-refractivity contribution is 0.506. The standard InChI is InChI=1S/C18H17N5O/c19-10-14-4-1-2-5-15(14)12-23-9-3-6-16(23)11-20-18-22-21-17(24-18)13-7-8-13/h1-6,9,13H,7-8,11-12H2,(H,20,22). The van der Waals surface area contributed by atoms with Crippen molar-refractivity contribution in [2.24, 2.45) is 0 Å². The highest BCUT2D eigenvalue weighted by Gasteiger charge is 2.29. The van der Waals surface area contributed by atoms with Gasteiger partial charge in [0.05, 0.1) is 18.2 Å². The second kappa shape index (κ2) is 6.20. The molecule has 4 rings (SSSR count). The van der Waals surface area contributed by atoms with Gasteiger partial charge in [-0.05, 0) is 36.6 Å². The topological polar surface area (TPSA) is 79.7 Å². The van der Waals surface area contributed by atoms with Crippen LogP contribution in [0, 0.1) is 11.3 Å². The van der Waals surface area contributed by atoms with E-state index in [0.29, 0.717) is 30.6 Å². The molecule has 0 unspecified atom stereocenters. The average Bonchev–Trinajstić information content (AvgIpc) is 3.19. The zero-order valence-electron chi connectivity index (χ0n) is 13.1. The third-order valence-electron chi connectivity index (χ3n) is 4.19. The predicted molar refractivity (Wildman–Crippen MR) is 88.3 cm³/mol. The van der Waals surface area contributed by atoms with Crippen LogP contribution in [-0.2, 0) is 13.1 Å². The third-order valence-corrected chi connectivity index (χ3v) is 4.19. The molecule has 2 heterocycles. The summed E-state index contributed by atoms with van der Waals surface area (Å²) in [6.07, 6.45) is 4.29. The molecule has 120 valence electrons. The molecule has 1 fully saturated rings. The molecule has 1 N–H and O–H groups in total. The molecule has 0 aliphatic heterocycles. The van der Waals surface area contributed by atoms with Gasteiger partial charge < -0.3 is 14.3 Å². The molecule has 1 aliphatic rings. The Morgan fingerprint density at radius 1 is 1.21 bits per heavy atom. The van der Waals surface area contributed by atoms with E-state index >= 15 is 0 Å². The van der Waals surface area contributed by atoms with Gasteiger partial charge in [-0.1, -0.05) is 23.3 Å². The lowest BCUT2D eigenvalue weighted by Crippen LogP contribution is -2.09. The molecule has 0 atom stereocenters. The highest BCUT2D eigenvalue weighted by Crippen LogP contribution is 2.39. The molecule has 6 heteroatoms. The summed E-state index contributed by atoms with van der Waals surface area (Å²) in [6, 6.07) is 14.4. The Labute approximate surface area is 139 Å². The summed E-state index contributed by atoms with van der Waals surface area (Å²) in [5, 5.41) is 20.5. The molecule has 1 aliphatic carbocycles. The van der Waals surface area contributed by atoms with Crippen LogP contribution >= 0.6 is 0 Å². The average molecular weight is 319 g/mol. The van der Waals surface area contributed by atoms with Gasteiger partial charge in [0, 0.05) is 24.4 Å². The number of aromatic nitrogens is 3. The number of anilines is 1. The summed E-state index contributed by atoms with van der Waals surface area (Å²) in [5.41, 5.74) is 2.80. The normalized spacial score (nSPS) is 13.6. The molecule has 1 aromatic carbocycles. The smallest absolute Gasteiger partial charge is 0.315 e. The van der Waals surface area contributed by atoms with Gasteiger partial charge in [0.2, 0.25) is 5.89 Å². The summed E-state index contributed by atoms with van der Waals surface area (Å²) in [4.78, 5) is 0. The maximum Gasteiger partial charge on any atom is 0.315 e. The Morgan fingerprint density at radius 2 is 2.08 bits per heavy atom. The quantitative estimate of drug-likeness (QED) is 0.754. The van der Waals surface area contributed by atoms with Crippen LogP contribution in [-0.4, -0.2) is 14.8 Å². The van der Waals surface area contributed by atoms with Crippen LogP contribution in [0.5, 0.6) is 0 Å². The molecule has 24 heavy (non-hydrogen) atoms. The Kier molecular flexibility index (Phi) is 3.75. The van der Waals surface area contributed by atoms with Crippen molar-refractivity contribution in [3.8, 4) is 6.07 Å². The number of nitrogens with zero attached hydrogens (tertiary/aromatic N) is 4. The first-order valence-electron chi connectivity index (χ1n) is 8.03. The van der Waals surface area contributed by atoms with Crippen molar-refractivity contribution in [3.63, 3.8) is 0 Å². The molecule has 0 saturated heterocycles. The van der Waals surface area contributed by atoms with E-state index in [0.717, 1.165) is 30.0 Å². The number of nitrogens with one attached hydrogen (secondary N) is 1. The molecule has 0 amide bonds. The van der Waals surface area contributed by atoms with Crippen molar-refractivity contribution in [2.45, 2.75) is 31.8 Å². The second-order valence-corrected chi connectivity index (χ2v) is 5.97. The fraction of sp³-hybridized carbons (Fsp3) is 0.278. The van der Waals surface area contributed by atoms with Crippen LogP contribution < -0.4 is 5.32 Å². The second-order valence-electron chi connectivity index (χ2n) is 5.97. The zero-order valence-corrected chi connectivity index (χ0v) is 13.1. The lowest BCUT2D eigenvalue weighted by atomic mass is 10.1. The minimum atomic E-state index is 0.458. The number of nitriles is 1. The first-order valence-corrected chi connectivity index (χ1v) is 8.03. The Hall–Kier alpha value is -3.07. The van der Waals surface area contributed by atoms with Crippen LogP contribution in [0.2, 0.25) is 0 Å². The first kappa shape index (κ1) is 14.5. The Morgan fingerprint density at radius 3 is 2.92 bits per heavy atom. The minimum Gasteiger partial charge on any atom is -0.408 e. The predicted octanol–water partition coefficient (Wildman–Crippen LogP) is 3.28. The van der Waals surface area contributed by atoms with E-state index < -0.39 is 0 Å². The summed E-state index contributed by atoms with van der Waals surface area (Å²) < 4.78 is 7.73. The van der Waals surface area contributed by atoms with Gasteiger partial charge in [0.25, 0.3) is 0 Å². The fourth-order valence-electron chi connectivity index (χ4n) is 2.68. The van der Waals surface area contributed by atoms with Gasteiger partial charge in [-0.25, -0.2) is 0 Å². The molecule has 0 bridgehead atoms. The van der Waals surface area contributed by atoms with Gasteiger partial charge in [-0.2, -0.15) is 5.26 Å². The first-order chi connectivity index (χ1) is 11.8. The summed E-state index contributed by atoms with van der Waals surface area (Å²) in [5.74, 6) is 1.19. The number of rotatable bonds is 6. The SMILES string of the molecule is N#Cc1ccccc1Cn1cccc1CNc1nnc(C2CC2)o1. The van der Waals surface area contributed by atoms with E-state index in [1.807, 2.05) is 42.6 Å². The minimum absolute atomic E-state index is 0.458. The van der Waals surface area contributed by atoms with Gasteiger partial charge in [-0.15, -0.1) is 5.10 Å². The summed E-state index contributed by atoms with van der Waals surface area (Å²) >= 11 is 0. The summed E-state index contributed by atoms with van der Waals surface area (Å²) in [6.45, 7) is 1.25. The molecule has 0 radical (unpaired) electrons. The number of hydrogen-bond donors (Lipinski definition) is 1. The third kappa shape index (κ3) is 3.01. The Bertz CT molecular complexity index is 885. The summed E-state index contributed by atoms with van der Waals surface area (Å²) in [7, 11) is 0. The number of hydrogen-bond acceptors (Lipinski definition) is 5. The van der Waals surface area contributed by atoms with Crippen LogP contribution in [0.25, 0.3) is 0 Å². The van der Waals surface area contributed by atoms with Crippen molar-refractivity contribution in [1.82, 2.24) is 14.8 Å². The monoisotopic (exact) mass is 319 g/mol. The zero-order chi connectivity index (χ0) is 16.4. The van der Waals surface area contributed by atoms with E-state index in [1.54, 1.807) is 0 Å². The van der Waals surface area contributed by atoms with Crippen molar-refractivity contribution in [2.75, 3.05) is 5.32 Å². The van der Waals surface area contributed by atoms with Crippen LogP contribution in [0.4, 0.5) is 6.01 Å². The van der Waals surface area contributed by atoms with Crippen molar-refractivity contribution in [3.05, 3.63) is 65.3 Å². The van der Waals surface area contributed by atoms with Crippen LogP contribution in [0.1, 0.15) is 41.5 Å². The molecule has 1 saturated carbocycles. The van der Waals surface area contributed by atoms with Gasteiger partial charge in [-0.3, -0.25) is 0 Å². The molecule has 3 aromatic rings. The highest BCUT2D eigenvalue weighted by molar-refractivity contribution is 5.37. The fourth-order valence-corrected chi connectivity index (χ4v) is 2.68. The molecule has 0 spiro atoms. The van der Waals surface area contributed by atoms with Crippen molar-refractivity contribution < 1.29 is 4.42 Å².